The monoisotopic (exact) mass is 444 g/mol. The number of benzene rings is 1. The number of amides is 2. The largest absolute Gasteiger partial charge is 0.467 e. The summed E-state index contributed by atoms with van der Waals surface area (Å²) in [7, 11) is 1.53. The molecule has 0 spiro atoms. The van der Waals surface area contributed by atoms with Gasteiger partial charge in [0.05, 0.1) is 16.1 Å². The van der Waals surface area contributed by atoms with Crippen LogP contribution in [-0.4, -0.2) is 67.0 Å². The number of ether oxygens (including phenoxy) is 3. The lowest BCUT2D eigenvalue weighted by Gasteiger charge is -2.44. The third-order valence-electron chi connectivity index (χ3n) is 4.95. The molecule has 2 heterocycles. The molecular formula is C20H26Cl2N2O5. The number of halogens is 2. The third kappa shape index (κ3) is 4.90. The molecule has 2 fully saturated rings. The van der Waals surface area contributed by atoms with Gasteiger partial charge in [0.15, 0.2) is 6.79 Å². The SMILES string of the molecule is COCOc1ccc(Cl)c(Cl)c1[C@@H]1CC(=O)N(C2CN(C(=O)OC(C)(C)C)C2)C1. The van der Waals surface area contributed by atoms with E-state index in [1.165, 1.54) is 7.11 Å². The van der Waals surface area contributed by atoms with Gasteiger partial charge in [-0.3, -0.25) is 4.79 Å². The standard InChI is InChI=1S/C20H26Cl2N2O5/c1-20(2,3)29-19(26)23-9-13(10-23)24-8-12(7-16(24)25)17-15(28-11-27-4)6-5-14(21)18(17)22/h5-6,12-13H,7-11H2,1-4H3/t12-/m1/s1. The van der Waals surface area contributed by atoms with Crippen LogP contribution in [0.3, 0.4) is 0 Å². The predicted octanol–water partition coefficient (Wildman–Crippen LogP) is 3.91. The number of carbonyl (C=O) groups excluding carboxylic acids is 2. The fraction of sp³-hybridized carbons (Fsp3) is 0.600. The first-order chi connectivity index (χ1) is 13.6. The first-order valence-corrected chi connectivity index (χ1v) is 10.2. The molecule has 0 aliphatic carbocycles. The molecule has 0 unspecified atom stereocenters. The Hall–Kier alpha value is -1.70. The van der Waals surface area contributed by atoms with Gasteiger partial charge in [0.25, 0.3) is 0 Å². The maximum Gasteiger partial charge on any atom is 0.410 e. The molecule has 0 radical (unpaired) electrons. The van der Waals surface area contributed by atoms with E-state index in [1.54, 1.807) is 17.0 Å². The normalized spacial score (nSPS) is 20.1. The minimum atomic E-state index is -0.543. The number of nitrogens with zero attached hydrogens (tertiary/aromatic N) is 2. The molecule has 2 aliphatic heterocycles. The molecule has 0 N–H and O–H groups in total. The van der Waals surface area contributed by atoms with Gasteiger partial charge in [0.1, 0.15) is 11.4 Å². The van der Waals surface area contributed by atoms with Crippen LogP contribution in [0.4, 0.5) is 4.79 Å². The van der Waals surface area contributed by atoms with E-state index < -0.39 is 5.60 Å². The van der Waals surface area contributed by atoms with Crippen molar-refractivity contribution in [2.24, 2.45) is 0 Å². The zero-order chi connectivity index (χ0) is 21.3. The second kappa shape index (κ2) is 8.58. The Morgan fingerprint density at radius 1 is 1.21 bits per heavy atom. The molecule has 3 rings (SSSR count). The van der Waals surface area contributed by atoms with Crippen molar-refractivity contribution >= 4 is 35.2 Å². The zero-order valence-electron chi connectivity index (χ0n) is 17.0. The Morgan fingerprint density at radius 3 is 2.52 bits per heavy atom. The van der Waals surface area contributed by atoms with Crippen LogP contribution in [0.25, 0.3) is 0 Å². The molecule has 0 bridgehead atoms. The summed E-state index contributed by atoms with van der Waals surface area (Å²) >= 11 is 12.7. The molecule has 0 saturated carbocycles. The number of carbonyl (C=O) groups is 2. The van der Waals surface area contributed by atoms with Gasteiger partial charge >= 0.3 is 6.09 Å². The maximum absolute atomic E-state index is 12.7. The van der Waals surface area contributed by atoms with Crippen molar-refractivity contribution in [2.45, 2.75) is 44.8 Å². The van der Waals surface area contributed by atoms with Crippen LogP contribution in [0.15, 0.2) is 12.1 Å². The van der Waals surface area contributed by atoms with Crippen molar-refractivity contribution in [3.05, 3.63) is 27.7 Å². The fourth-order valence-electron chi connectivity index (χ4n) is 3.58. The highest BCUT2D eigenvalue weighted by molar-refractivity contribution is 6.42. The highest BCUT2D eigenvalue weighted by Crippen LogP contribution is 2.43. The molecule has 7 nitrogen and oxygen atoms in total. The molecule has 2 saturated heterocycles. The van der Waals surface area contributed by atoms with Crippen molar-refractivity contribution in [1.82, 2.24) is 9.80 Å². The summed E-state index contributed by atoms with van der Waals surface area (Å²) in [5, 5.41) is 0.806. The summed E-state index contributed by atoms with van der Waals surface area (Å²) in [6.07, 6.45) is -0.0446. The number of hydrogen-bond donors (Lipinski definition) is 0. The summed E-state index contributed by atoms with van der Waals surface area (Å²) in [4.78, 5) is 28.2. The summed E-state index contributed by atoms with van der Waals surface area (Å²) in [6, 6.07) is 3.38. The molecule has 1 atom stereocenters. The molecule has 9 heteroatoms. The third-order valence-corrected chi connectivity index (χ3v) is 5.77. The van der Waals surface area contributed by atoms with Crippen molar-refractivity contribution in [2.75, 3.05) is 33.5 Å². The van der Waals surface area contributed by atoms with Gasteiger partial charge in [0.2, 0.25) is 5.91 Å². The van der Waals surface area contributed by atoms with E-state index in [4.69, 9.17) is 37.4 Å². The van der Waals surface area contributed by atoms with E-state index in [2.05, 4.69) is 0 Å². The van der Waals surface area contributed by atoms with Gasteiger partial charge in [-0.2, -0.15) is 0 Å². The number of methoxy groups -OCH3 is 1. The molecule has 29 heavy (non-hydrogen) atoms. The quantitative estimate of drug-likeness (QED) is 0.643. The zero-order valence-corrected chi connectivity index (χ0v) is 18.5. The van der Waals surface area contributed by atoms with Crippen molar-refractivity contribution < 1.29 is 23.8 Å². The van der Waals surface area contributed by atoms with E-state index in [1.807, 2.05) is 25.7 Å². The Bertz CT molecular complexity index is 790. The van der Waals surface area contributed by atoms with Crippen LogP contribution >= 0.6 is 23.2 Å². The van der Waals surface area contributed by atoms with E-state index in [0.717, 1.165) is 5.56 Å². The lowest BCUT2D eigenvalue weighted by Crippen LogP contribution is -2.62. The average Bonchev–Trinajstić information content (AvgIpc) is 2.94. The van der Waals surface area contributed by atoms with Crippen molar-refractivity contribution in [3.63, 3.8) is 0 Å². The Labute approximate surface area is 180 Å². The van der Waals surface area contributed by atoms with Crippen LogP contribution in [0, 0.1) is 0 Å². The van der Waals surface area contributed by atoms with Gasteiger partial charge in [-0.1, -0.05) is 23.2 Å². The van der Waals surface area contributed by atoms with Gasteiger partial charge in [-0.05, 0) is 32.9 Å². The average molecular weight is 445 g/mol. The van der Waals surface area contributed by atoms with E-state index in [9.17, 15) is 9.59 Å². The maximum atomic E-state index is 12.7. The fourth-order valence-corrected chi connectivity index (χ4v) is 4.06. The molecule has 2 amide bonds. The number of hydrogen-bond acceptors (Lipinski definition) is 5. The lowest BCUT2D eigenvalue weighted by atomic mass is 9.97. The predicted molar refractivity (Wildman–Crippen MR) is 110 cm³/mol. The minimum absolute atomic E-state index is 0.0255. The van der Waals surface area contributed by atoms with Gasteiger partial charge in [-0.25, -0.2) is 4.79 Å². The number of likely N-dealkylation sites (tertiary alicyclic amines) is 2. The molecule has 0 aromatic heterocycles. The van der Waals surface area contributed by atoms with Crippen molar-refractivity contribution in [1.29, 1.82) is 0 Å². The highest BCUT2D eigenvalue weighted by Gasteiger charge is 2.44. The van der Waals surface area contributed by atoms with Crippen LogP contribution < -0.4 is 4.74 Å². The van der Waals surface area contributed by atoms with Crippen LogP contribution in [-0.2, 0) is 14.3 Å². The second-order valence-electron chi connectivity index (χ2n) is 8.31. The Kier molecular flexibility index (Phi) is 6.51. The molecule has 1 aromatic rings. The topological polar surface area (TPSA) is 68.3 Å². The number of rotatable bonds is 5. The Morgan fingerprint density at radius 2 is 1.90 bits per heavy atom. The van der Waals surface area contributed by atoms with Crippen LogP contribution in [0.1, 0.15) is 38.7 Å². The first-order valence-electron chi connectivity index (χ1n) is 9.47. The van der Waals surface area contributed by atoms with Gasteiger partial charge in [0, 0.05) is 44.6 Å². The van der Waals surface area contributed by atoms with Gasteiger partial charge < -0.3 is 24.0 Å². The van der Waals surface area contributed by atoms with E-state index in [-0.39, 0.29) is 30.8 Å². The Balaban J connectivity index is 1.68. The summed E-state index contributed by atoms with van der Waals surface area (Å²) in [5.41, 5.74) is 0.175. The minimum Gasteiger partial charge on any atom is -0.467 e. The second-order valence-corrected chi connectivity index (χ2v) is 9.10. The van der Waals surface area contributed by atoms with Gasteiger partial charge in [-0.15, -0.1) is 0 Å². The summed E-state index contributed by atoms with van der Waals surface area (Å²) in [6.45, 7) is 6.98. The molecule has 160 valence electrons. The first kappa shape index (κ1) is 22.0. The summed E-state index contributed by atoms with van der Waals surface area (Å²) in [5.74, 6) is 0.443. The molecule has 1 aromatic carbocycles. The highest BCUT2D eigenvalue weighted by atomic mass is 35.5. The van der Waals surface area contributed by atoms with Crippen molar-refractivity contribution in [3.8, 4) is 5.75 Å². The molecule has 2 aliphatic rings. The van der Waals surface area contributed by atoms with Crippen LogP contribution in [0.2, 0.25) is 10.0 Å². The molecular weight excluding hydrogens is 419 g/mol. The summed E-state index contributed by atoms with van der Waals surface area (Å²) < 4.78 is 16.0. The smallest absolute Gasteiger partial charge is 0.410 e. The van der Waals surface area contributed by atoms with Crippen LogP contribution in [0.5, 0.6) is 5.75 Å². The van der Waals surface area contributed by atoms with E-state index >= 15 is 0 Å². The lowest BCUT2D eigenvalue weighted by molar-refractivity contribution is -0.132. The van der Waals surface area contributed by atoms with E-state index in [0.29, 0.717) is 41.8 Å².